The standard InChI is InChI=1S/C30H41N5O8/c1-8-19-16-30(19,24(37)38)31-23(36)22-15-20(42-27(41)33-14-13-18-11-9-10-12-21(18)33)17-34(22)26(40)35(28(2,3)4)32-25(39)43-29(5,6)7/h8-12,19-20,22H,1,13-17H2,2-7H3,(H,31,36)(H,32,39)(H,37,38)/t19-,20?,22+,30?/m1/s1. The largest absolute Gasteiger partial charge is 0.479 e. The minimum atomic E-state index is -1.53. The highest BCUT2D eigenvalue weighted by Crippen LogP contribution is 2.45. The summed E-state index contributed by atoms with van der Waals surface area (Å²) >= 11 is 0. The fraction of sp³-hybridized carbons (Fsp3) is 0.567. The lowest BCUT2D eigenvalue weighted by molar-refractivity contribution is -0.144. The van der Waals surface area contributed by atoms with Crippen molar-refractivity contribution in [2.45, 2.75) is 89.6 Å². The lowest BCUT2D eigenvalue weighted by Crippen LogP contribution is -2.62. The van der Waals surface area contributed by atoms with Gasteiger partial charge in [-0.25, -0.2) is 29.6 Å². The van der Waals surface area contributed by atoms with Crippen molar-refractivity contribution in [1.29, 1.82) is 0 Å². The third-order valence-electron chi connectivity index (χ3n) is 7.68. The van der Waals surface area contributed by atoms with Crippen LogP contribution in [0.1, 0.15) is 59.9 Å². The molecule has 3 N–H and O–H groups in total. The monoisotopic (exact) mass is 599 g/mol. The van der Waals surface area contributed by atoms with Gasteiger partial charge in [-0.2, -0.15) is 0 Å². The lowest BCUT2D eigenvalue weighted by atomic mass is 10.1. The van der Waals surface area contributed by atoms with Crippen molar-refractivity contribution in [1.82, 2.24) is 20.7 Å². The number of carbonyl (C=O) groups excluding carboxylic acids is 4. The maximum Gasteiger partial charge on any atom is 0.426 e. The van der Waals surface area contributed by atoms with Gasteiger partial charge in [-0.05, 0) is 66.0 Å². The quantitative estimate of drug-likeness (QED) is 0.343. The van der Waals surface area contributed by atoms with Crippen LogP contribution in [0.5, 0.6) is 0 Å². The van der Waals surface area contributed by atoms with Crippen molar-refractivity contribution in [2.24, 2.45) is 5.92 Å². The molecule has 0 aromatic heterocycles. The highest BCUT2D eigenvalue weighted by Gasteiger charge is 2.61. The first-order chi connectivity index (χ1) is 20.0. The van der Waals surface area contributed by atoms with Gasteiger partial charge in [0.25, 0.3) is 0 Å². The predicted molar refractivity (Wildman–Crippen MR) is 156 cm³/mol. The number of hydrogen-bond acceptors (Lipinski definition) is 7. The van der Waals surface area contributed by atoms with E-state index in [9.17, 15) is 29.1 Å². The number of likely N-dealkylation sites (tertiary alicyclic amines) is 1. The molecule has 43 heavy (non-hydrogen) atoms. The molecule has 1 saturated carbocycles. The Balaban J connectivity index is 1.58. The first-order valence-corrected chi connectivity index (χ1v) is 14.3. The molecule has 2 aliphatic heterocycles. The number of carboxylic acids is 1. The van der Waals surface area contributed by atoms with E-state index in [1.807, 2.05) is 24.3 Å². The van der Waals surface area contributed by atoms with Crippen LogP contribution >= 0.6 is 0 Å². The van der Waals surface area contributed by atoms with Crippen molar-refractivity contribution in [3.05, 3.63) is 42.5 Å². The number of fused-ring (bicyclic) bond motifs is 1. The van der Waals surface area contributed by atoms with Gasteiger partial charge in [0.15, 0.2) is 0 Å². The van der Waals surface area contributed by atoms with E-state index in [0.717, 1.165) is 16.3 Å². The van der Waals surface area contributed by atoms with Crippen LogP contribution in [0.2, 0.25) is 0 Å². The van der Waals surface area contributed by atoms with Crippen molar-refractivity contribution >= 4 is 35.8 Å². The normalized spacial score (nSPS) is 24.5. The number of hydrogen-bond donors (Lipinski definition) is 3. The number of rotatable bonds is 5. The average Bonchev–Trinajstić information content (AvgIpc) is 3.23. The van der Waals surface area contributed by atoms with Crippen LogP contribution in [-0.2, 0) is 25.5 Å². The zero-order chi connectivity index (χ0) is 31.9. The maximum absolute atomic E-state index is 14.0. The molecule has 13 nitrogen and oxygen atoms in total. The average molecular weight is 600 g/mol. The Bertz CT molecular complexity index is 1320. The van der Waals surface area contributed by atoms with Crippen molar-refractivity contribution in [2.75, 3.05) is 18.0 Å². The predicted octanol–water partition coefficient (Wildman–Crippen LogP) is 3.43. The summed E-state index contributed by atoms with van der Waals surface area (Å²) in [6, 6.07) is 5.54. The van der Waals surface area contributed by atoms with Crippen molar-refractivity contribution < 1.29 is 38.6 Å². The van der Waals surface area contributed by atoms with Gasteiger partial charge >= 0.3 is 24.2 Å². The molecule has 2 fully saturated rings. The molecule has 4 atom stereocenters. The molecular weight excluding hydrogens is 558 g/mol. The number of amides is 5. The van der Waals surface area contributed by atoms with Crippen LogP contribution < -0.4 is 15.6 Å². The van der Waals surface area contributed by atoms with Gasteiger partial charge in [-0.15, -0.1) is 6.58 Å². The smallest absolute Gasteiger partial charge is 0.426 e. The molecule has 0 spiro atoms. The summed E-state index contributed by atoms with van der Waals surface area (Å²) in [4.78, 5) is 68.3. The summed E-state index contributed by atoms with van der Waals surface area (Å²) in [5.41, 5.74) is 0.901. The van der Waals surface area contributed by atoms with E-state index in [-0.39, 0.29) is 19.4 Å². The van der Waals surface area contributed by atoms with E-state index < -0.39 is 64.8 Å². The van der Waals surface area contributed by atoms with Crippen molar-refractivity contribution in [3.63, 3.8) is 0 Å². The van der Waals surface area contributed by atoms with E-state index in [4.69, 9.17) is 9.47 Å². The van der Waals surface area contributed by atoms with Crippen molar-refractivity contribution in [3.8, 4) is 0 Å². The number of hydrazine groups is 1. The van der Waals surface area contributed by atoms with Crippen LogP contribution in [-0.4, -0.2) is 87.0 Å². The van der Waals surface area contributed by atoms with Crippen LogP contribution in [0.25, 0.3) is 0 Å². The van der Waals surface area contributed by atoms with E-state index in [1.54, 1.807) is 41.5 Å². The summed E-state index contributed by atoms with van der Waals surface area (Å²) in [5, 5.41) is 13.5. The fourth-order valence-corrected chi connectivity index (χ4v) is 5.42. The summed E-state index contributed by atoms with van der Waals surface area (Å²) in [6.45, 7) is 14.0. The van der Waals surface area contributed by atoms with Gasteiger partial charge in [0.2, 0.25) is 5.91 Å². The van der Waals surface area contributed by atoms with Gasteiger partial charge in [0.1, 0.15) is 23.3 Å². The molecule has 2 unspecified atom stereocenters. The van der Waals surface area contributed by atoms with Gasteiger partial charge < -0.3 is 24.8 Å². The molecule has 1 aliphatic carbocycles. The molecule has 13 heteroatoms. The van der Waals surface area contributed by atoms with E-state index in [2.05, 4.69) is 17.3 Å². The van der Waals surface area contributed by atoms with E-state index >= 15 is 0 Å². The van der Waals surface area contributed by atoms with E-state index in [0.29, 0.717) is 13.0 Å². The Morgan fingerprint density at radius 3 is 2.37 bits per heavy atom. The number of aliphatic carboxylic acids is 1. The second-order valence-electron chi connectivity index (χ2n) is 13.2. The number of benzene rings is 1. The number of ether oxygens (including phenoxy) is 2. The Kier molecular flexibility index (Phi) is 8.40. The third kappa shape index (κ3) is 6.70. The number of para-hydroxylation sites is 1. The Hall–Kier alpha value is -4.29. The number of nitrogens with zero attached hydrogens (tertiary/aromatic N) is 3. The minimum Gasteiger partial charge on any atom is -0.479 e. The molecule has 4 rings (SSSR count). The highest BCUT2D eigenvalue weighted by molar-refractivity contribution is 5.95. The molecule has 234 valence electrons. The zero-order valence-electron chi connectivity index (χ0n) is 25.5. The third-order valence-corrected chi connectivity index (χ3v) is 7.68. The number of nitrogens with one attached hydrogen (secondary N) is 2. The van der Waals surface area contributed by atoms with Crippen LogP contribution in [0.15, 0.2) is 36.9 Å². The molecule has 0 radical (unpaired) electrons. The SMILES string of the molecule is C=C[C@@H]1CC1(NC(=O)[C@@H]1CC(OC(=O)N2CCc3ccccc32)CN1C(=O)N(NC(=O)OC(C)(C)C)C(C)(C)C)C(=O)O. The first-order valence-electron chi connectivity index (χ1n) is 14.3. The summed E-state index contributed by atoms with van der Waals surface area (Å²) < 4.78 is 11.2. The van der Waals surface area contributed by atoms with Crippen LogP contribution in [0, 0.1) is 5.92 Å². The zero-order valence-corrected chi connectivity index (χ0v) is 25.5. The molecular formula is C30H41N5O8. The molecule has 3 aliphatic rings. The second kappa shape index (κ2) is 11.4. The second-order valence-corrected chi connectivity index (χ2v) is 13.2. The van der Waals surface area contributed by atoms with Gasteiger partial charge in [0.05, 0.1) is 17.8 Å². The van der Waals surface area contributed by atoms with Gasteiger partial charge in [0, 0.05) is 18.9 Å². The molecule has 5 amide bonds. The Morgan fingerprint density at radius 2 is 1.79 bits per heavy atom. The Morgan fingerprint density at radius 1 is 1.12 bits per heavy atom. The van der Waals surface area contributed by atoms with Gasteiger partial charge in [-0.1, -0.05) is 24.3 Å². The number of urea groups is 1. The highest BCUT2D eigenvalue weighted by atomic mass is 16.6. The minimum absolute atomic E-state index is 0.0718. The molecule has 0 bridgehead atoms. The number of anilines is 1. The topological polar surface area (TPSA) is 158 Å². The van der Waals surface area contributed by atoms with Crippen LogP contribution in [0.3, 0.4) is 0 Å². The molecule has 1 aromatic carbocycles. The Labute approximate surface area is 251 Å². The molecule has 1 aromatic rings. The lowest BCUT2D eigenvalue weighted by Gasteiger charge is -2.39. The molecule has 2 heterocycles. The number of carbonyl (C=O) groups is 5. The fourth-order valence-electron chi connectivity index (χ4n) is 5.42. The summed E-state index contributed by atoms with van der Waals surface area (Å²) in [5.74, 6) is -2.39. The maximum atomic E-state index is 14.0. The van der Waals surface area contributed by atoms with Gasteiger partial charge in [-0.3, -0.25) is 9.69 Å². The summed E-state index contributed by atoms with van der Waals surface area (Å²) in [6.07, 6.45) is -0.127. The number of carboxylic acid groups (broad SMARTS) is 1. The first kappa shape index (κ1) is 31.6. The summed E-state index contributed by atoms with van der Waals surface area (Å²) in [7, 11) is 0. The van der Waals surface area contributed by atoms with Crippen LogP contribution in [0.4, 0.5) is 20.1 Å². The molecule has 1 saturated heterocycles. The van der Waals surface area contributed by atoms with E-state index in [1.165, 1.54) is 15.9 Å².